The van der Waals surface area contributed by atoms with Gasteiger partial charge in [-0.05, 0) is 43.0 Å². The number of carboxylic acid groups (broad SMARTS) is 1. The van der Waals surface area contributed by atoms with Crippen LogP contribution >= 0.6 is 0 Å². The van der Waals surface area contributed by atoms with Gasteiger partial charge in [0.1, 0.15) is 6.10 Å². The van der Waals surface area contributed by atoms with Gasteiger partial charge in [0, 0.05) is 0 Å². The summed E-state index contributed by atoms with van der Waals surface area (Å²) in [5, 5.41) is 9.20. The number of nitrogens with zero attached hydrogens (tertiary/aromatic N) is 1. The van der Waals surface area contributed by atoms with E-state index in [0.29, 0.717) is 5.89 Å². The van der Waals surface area contributed by atoms with E-state index < -0.39 is 14.3 Å². The Balaban J connectivity index is 1.91. The largest absolute Gasteiger partial charge is 0.475 e. The molecule has 6 heteroatoms. The Morgan fingerprint density at radius 1 is 1.14 bits per heavy atom. The van der Waals surface area contributed by atoms with Crippen LogP contribution in [0.4, 0.5) is 0 Å². The second-order valence-corrected chi connectivity index (χ2v) is 13.9. The zero-order chi connectivity index (χ0) is 21.5. The molecule has 1 atom stereocenters. The lowest BCUT2D eigenvalue weighted by atomic mass is 10.0. The number of benzene rings is 1. The highest BCUT2D eigenvalue weighted by atomic mass is 28.4. The average molecular weight is 418 g/mol. The molecule has 0 aliphatic carbocycles. The van der Waals surface area contributed by atoms with E-state index in [-0.39, 0.29) is 16.9 Å². The van der Waals surface area contributed by atoms with E-state index in [1.54, 1.807) is 0 Å². The van der Waals surface area contributed by atoms with E-state index in [0.717, 1.165) is 32.1 Å². The van der Waals surface area contributed by atoms with Crippen molar-refractivity contribution >= 4 is 14.3 Å². The van der Waals surface area contributed by atoms with Crippen molar-refractivity contribution in [2.75, 3.05) is 0 Å². The maximum Gasteiger partial charge on any atom is 0.373 e. The van der Waals surface area contributed by atoms with Crippen molar-refractivity contribution in [1.29, 1.82) is 0 Å². The summed E-state index contributed by atoms with van der Waals surface area (Å²) < 4.78 is 12.0. The fourth-order valence-corrected chi connectivity index (χ4v) is 4.24. The van der Waals surface area contributed by atoms with Crippen molar-refractivity contribution in [2.45, 2.75) is 83.5 Å². The fraction of sp³-hybridized carbons (Fsp3) is 0.565. The number of aromatic carboxylic acids is 1. The molecule has 2 aromatic rings. The highest BCUT2D eigenvalue weighted by Crippen LogP contribution is 2.40. The van der Waals surface area contributed by atoms with Crippen LogP contribution in [0, 0.1) is 0 Å². The van der Waals surface area contributed by atoms with Crippen LogP contribution < -0.4 is 0 Å². The minimum Gasteiger partial charge on any atom is -0.475 e. The number of oxazole rings is 1. The second-order valence-electron chi connectivity index (χ2n) is 9.17. The Hall–Kier alpha value is -1.92. The van der Waals surface area contributed by atoms with Gasteiger partial charge in [-0.2, -0.15) is 0 Å². The maximum absolute atomic E-state index is 11.2. The van der Waals surface area contributed by atoms with E-state index >= 15 is 0 Å². The molecule has 29 heavy (non-hydrogen) atoms. The summed E-state index contributed by atoms with van der Waals surface area (Å²) in [6.07, 6.45) is 7.31. The lowest BCUT2D eigenvalue weighted by molar-refractivity contribution is 0.0650. The Morgan fingerprint density at radius 2 is 1.79 bits per heavy atom. The number of unbranched alkanes of at least 4 members (excludes halogenated alkanes) is 3. The number of carboxylic acids is 1. The molecule has 1 aromatic carbocycles. The van der Waals surface area contributed by atoms with Gasteiger partial charge in [0.15, 0.2) is 8.32 Å². The van der Waals surface area contributed by atoms with Crippen LogP contribution in [0.15, 0.2) is 40.9 Å². The molecule has 1 N–H and O–H groups in total. The molecular formula is C23H35NO4Si. The fourth-order valence-electron chi connectivity index (χ4n) is 2.96. The number of rotatable bonds is 11. The van der Waals surface area contributed by atoms with Crippen LogP contribution in [-0.2, 0) is 10.8 Å². The first-order valence-corrected chi connectivity index (χ1v) is 13.4. The summed E-state index contributed by atoms with van der Waals surface area (Å²) in [5.74, 6) is -0.848. The molecule has 0 fully saturated rings. The summed E-state index contributed by atoms with van der Waals surface area (Å²) >= 11 is 0. The number of hydrogen-bond donors (Lipinski definition) is 1. The number of aryl methyl sites for hydroxylation is 1. The first-order valence-electron chi connectivity index (χ1n) is 10.5. The van der Waals surface area contributed by atoms with E-state index in [4.69, 9.17) is 13.9 Å². The number of carbonyl (C=O) groups is 1. The molecule has 160 valence electrons. The van der Waals surface area contributed by atoms with Crippen LogP contribution in [0.25, 0.3) is 0 Å². The molecule has 5 nitrogen and oxygen atoms in total. The molecule has 0 aliphatic rings. The van der Waals surface area contributed by atoms with Gasteiger partial charge in [0.2, 0.25) is 11.7 Å². The van der Waals surface area contributed by atoms with Crippen molar-refractivity contribution in [3.05, 3.63) is 53.7 Å². The van der Waals surface area contributed by atoms with Crippen molar-refractivity contribution < 1.29 is 18.7 Å². The molecule has 1 unspecified atom stereocenters. The van der Waals surface area contributed by atoms with Gasteiger partial charge < -0.3 is 13.9 Å². The molecule has 0 spiro atoms. The van der Waals surface area contributed by atoms with Crippen molar-refractivity contribution in [2.24, 2.45) is 0 Å². The molecule has 0 radical (unpaired) electrons. The zero-order valence-corrected chi connectivity index (χ0v) is 19.4. The normalized spacial score (nSPS) is 13.4. The van der Waals surface area contributed by atoms with Crippen LogP contribution in [0.5, 0.6) is 0 Å². The summed E-state index contributed by atoms with van der Waals surface area (Å²) in [6, 6.07) is 10.6. The van der Waals surface area contributed by atoms with Gasteiger partial charge in [-0.3, -0.25) is 0 Å². The standard InChI is InChI=1S/C23H35NO4Si/c1-23(2,3)29(4,5)28-19(21-24-17-20(27-21)22(25)26)16-12-7-6-9-13-18-14-10-8-11-15-18/h8,10-11,14-15,17,19H,6-7,9,12-13,16H2,1-5H3,(H,25,26). The molecular weight excluding hydrogens is 382 g/mol. The third-order valence-corrected chi connectivity index (χ3v) is 10.3. The van der Waals surface area contributed by atoms with Gasteiger partial charge in [-0.1, -0.05) is 70.4 Å². The average Bonchev–Trinajstić information content (AvgIpc) is 3.14. The summed E-state index contributed by atoms with van der Waals surface area (Å²) in [6.45, 7) is 11.0. The van der Waals surface area contributed by atoms with E-state index in [1.165, 1.54) is 18.2 Å². The topological polar surface area (TPSA) is 72.6 Å². The highest BCUT2D eigenvalue weighted by molar-refractivity contribution is 6.74. The minimum atomic E-state index is -2.04. The van der Waals surface area contributed by atoms with Gasteiger partial charge >= 0.3 is 5.97 Å². The van der Waals surface area contributed by atoms with Crippen LogP contribution in [-0.4, -0.2) is 24.4 Å². The lowest BCUT2D eigenvalue weighted by Crippen LogP contribution is -2.41. The third kappa shape index (κ3) is 7.12. The van der Waals surface area contributed by atoms with E-state index in [2.05, 4.69) is 63.1 Å². The monoisotopic (exact) mass is 417 g/mol. The van der Waals surface area contributed by atoms with E-state index in [1.807, 2.05) is 6.07 Å². The smallest absolute Gasteiger partial charge is 0.373 e. The molecule has 0 saturated carbocycles. The predicted molar refractivity (Wildman–Crippen MR) is 118 cm³/mol. The summed E-state index contributed by atoms with van der Waals surface area (Å²) in [5.41, 5.74) is 1.38. The van der Waals surface area contributed by atoms with Crippen molar-refractivity contribution in [3.8, 4) is 0 Å². The van der Waals surface area contributed by atoms with Gasteiger partial charge in [-0.15, -0.1) is 0 Å². The lowest BCUT2D eigenvalue weighted by Gasteiger charge is -2.38. The van der Waals surface area contributed by atoms with E-state index in [9.17, 15) is 4.79 Å². The van der Waals surface area contributed by atoms with Gasteiger partial charge in [0.05, 0.1) is 6.20 Å². The Labute approximate surface area is 175 Å². The second kappa shape index (κ2) is 10.2. The zero-order valence-electron chi connectivity index (χ0n) is 18.4. The molecule has 0 aliphatic heterocycles. The first kappa shape index (κ1) is 23.4. The Bertz CT molecular complexity index is 765. The minimum absolute atomic E-state index is 0.0587. The molecule has 0 bridgehead atoms. The Morgan fingerprint density at radius 3 is 2.38 bits per heavy atom. The molecule has 1 heterocycles. The molecule has 0 saturated heterocycles. The maximum atomic E-state index is 11.2. The number of aromatic nitrogens is 1. The molecule has 0 amide bonds. The first-order chi connectivity index (χ1) is 13.6. The van der Waals surface area contributed by atoms with Crippen LogP contribution in [0.1, 0.15) is 81.0 Å². The van der Waals surface area contributed by atoms with Crippen LogP contribution in [0.2, 0.25) is 18.1 Å². The van der Waals surface area contributed by atoms with Gasteiger partial charge in [0.25, 0.3) is 0 Å². The Kier molecular flexibility index (Phi) is 8.22. The summed E-state index contributed by atoms with van der Waals surface area (Å²) in [7, 11) is -2.04. The quantitative estimate of drug-likeness (QED) is 0.328. The number of hydrogen-bond acceptors (Lipinski definition) is 4. The molecule has 2 rings (SSSR count). The van der Waals surface area contributed by atoms with Crippen LogP contribution in [0.3, 0.4) is 0 Å². The van der Waals surface area contributed by atoms with Crippen molar-refractivity contribution in [1.82, 2.24) is 4.98 Å². The van der Waals surface area contributed by atoms with Gasteiger partial charge in [-0.25, -0.2) is 9.78 Å². The molecule has 1 aromatic heterocycles. The highest BCUT2D eigenvalue weighted by Gasteiger charge is 2.40. The predicted octanol–water partition coefficient (Wildman–Crippen LogP) is 6.63. The summed E-state index contributed by atoms with van der Waals surface area (Å²) in [4.78, 5) is 15.4. The SMILES string of the molecule is CC(C)(C)[Si](C)(C)OC(CCCCCCc1ccccc1)c1ncc(C(=O)O)o1. The third-order valence-electron chi connectivity index (χ3n) is 5.78. The van der Waals surface area contributed by atoms with Crippen molar-refractivity contribution in [3.63, 3.8) is 0 Å².